The molecular formula is C16H23F2N. The topological polar surface area (TPSA) is 12.0 Å². The summed E-state index contributed by atoms with van der Waals surface area (Å²) in [5.74, 6) is 0.246. The van der Waals surface area contributed by atoms with Gasteiger partial charge in [0.1, 0.15) is 11.6 Å². The summed E-state index contributed by atoms with van der Waals surface area (Å²) in [6, 6.07) is 3.95. The Morgan fingerprint density at radius 3 is 2.63 bits per heavy atom. The van der Waals surface area contributed by atoms with Crippen LogP contribution in [0.3, 0.4) is 0 Å². The average molecular weight is 267 g/mol. The van der Waals surface area contributed by atoms with Crippen LogP contribution in [-0.2, 0) is 6.42 Å². The minimum Gasteiger partial charge on any atom is -0.317 e. The van der Waals surface area contributed by atoms with Gasteiger partial charge in [0.15, 0.2) is 0 Å². The first-order valence-corrected chi connectivity index (χ1v) is 7.35. The molecule has 3 heteroatoms. The third kappa shape index (κ3) is 4.00. The van der Waals surface area contributed by atoms with Gasteiger partial charge in [-0.3, -0.25) is 0 Å². The molecule has 0 aliphatic heterocycles. The molecule has 1 unspecified atom stereocenters. The predicted molar refractivity (Wildman–Crippen MR) is 74.1 cm³/mol. The molecule has 2 rings (SSSR count). The number of benzene rings is 1. The highest BCUT2D eigenvalue weighted by atomic mass is 19.1. The van der Waals surface area contributed by atoms with Gasteiger partial charge < -0.3 is 5.32 Å². The Morgan fingerprint density at radius 2 is 2.00 bits per heavy atom. The normalized spacial score (nSPS) is 17.8. The smallest absolute Gasteiger partial charge is 0.129 e. The van der Waals surface area contributed by atoms with Gasteiger partial charge in [0.2, 0.25) is 0 Å². The zero-order valence-electron chi connectivity index (χ0n) is 11.6. The number of nitrogens with one attached hydrogen (secondary N) is 1. The van der Waals surface area contributed by atoms with Crippen LogP contribution >= 0.6 is 0 Å². The van der Waals surface area contributed by atoms with E-state index in [2.05, 4.69) is 12.2 Å². The third-order valence-electron chi connectivity index (χ3n) is 4.22. The monoisotopic (exact) mass is 267 g/mol. The maximum Gasteiger partial charge on any atom is 0.129 e. The molecule has 1 aromatic carbocycles. The second-order valence-corrected chi connectivity index (χ2v) is 5.55. The van der Waals surface area contributed by atoms with E-state index in [1.807, 2.05) is 0 Å². The van der Waals surface area contributed by atoms with Crippen LogP contribution in [0.15, 0.2) is 18.2 Å². The van der Waals surface area contributed by atoms with Gasteiger partial charge in [0.25, 0.3) is 0 Å². The summed E-state index contributed by atoms with van der Waals surface area (Å²) < 4.78 is 26.7. The van der Waals surface area contributed by atoms with Gasteiger partial charge in [-0.2, -0.15) is 0 Å². The molecule has 0 spiro atoms. The van der Waals surface area contributed by atoms with Crippen molar-refractivity contribution in [2.24, 2.45) is 11.8 Å². The summed E-state index contributed by atoms with van der Waals surface area (Å²) >= 11 is 0. The molecule has 0 bridgehead atoms. The van der Waals surface area contributed by atoms with Crippen molar-refractivity contribution >= 4 is 0 Å². The zero-order chi connectivity index (χ0) is 13.7. The SMILES string of the molecule is CCNCC(Cc1ccc(F)cc1F)C1CCCC1. The van der Waals surface area contributed by atoms with E-state index in [1.165, 1.54) is 31.7 Å². The maximum atomic E-state index is 13.8. The fraction of sp³-hybridized carbons (Fsp3) is 0.625. The van der Waals surface area contributed by atoms with Gasteiger partial charge in [-0.15, -0.1) is 0 Å². The van der Waals surface area contributed by atoms with E-state index < -0.39 is 11.6 Å². The summed E-state index contributed by atoms with van der Waals surface area (Å²) in [4.78, 5) is 0. The Labute approximate surface area is 114 Å². The van der Waals surface area contributed by atoms with Gasteiger partial charge >= 0.3 is 0 Å². The molecule has 106 valence electrons. The molecule has 1 saturated carbocycles. The summed E-state index contributed by atoms with van der Waals surface area (Å²) in [6.45, 7) is 3.96. The quantitative estimate of drug-likeness (QED) is 0.823. The van der Waals surface area contributed by atoms with Crippen molar-refractivity contribution in [2.75, 3.05) is 13.1 Å². The van der Waals surface area contributed by atoms with E-state index in [-0.39, 0.29) is 0 Å². The lowest BCUT2D eigenvalue weighted by Gasteiger charge is -2.24. The minimum absolute atomic E-state index is 0.403. The first-order chi connectivity index (χ1) is 9.20. The van der Waals surface area contributed by atoms with Crippen molar-refractivity contribution < 1.29 is 8.78 Å². The second-order valence-electron chi connectivity index (χ2n) is 5.55. The average Bonchev–Trinajstić information content (AvgIpc) is 2.90. The summed E-state index contributed by atoms with van der Waals surface area (Å²) in [5, 5.41) is 3.38. The van der Waals surface area contributed by atoms with Crippen LogP contribution in [0.4, 0.5) is 8.78 Å². The lowest BCUT2D eigenvalue weighted by atomic mass is 9.85. The van der Waals surface area contributed by atoms with Crippen LogP contribution < -0.4 is 5.32 Å². The molecule has 0 amide bonds. The molecule has 1 atom stereocenters. The predicted octanol–water partition coefficient (Wildman–Crippen LogP) is 3.92. The Morgan fingerprint density at radius 1 is 1.26 bits per heavy atom. The van der Waals surface area contributed by atoms with Crippen LogP contribution in [-0.4, -0.2) is 13.1 Å². The lowest BCUT2D eigenvalue weighted by molar-refractivity contribution is 0.320. The molecule has 19 heavy (non-hydrogen) atoms. The number of halogens is 2. The van der Waals surface area contributed by atoms with Crippen molar-refractivity contribution in [1.29, 1.82) is 0 Å². The molecule has 0 aromatic heterocycles. The van der Waals surface area contributed by atoms with E-state index in [0.29, 0.717) is 23.8 Å². The standard InChI is InChI=1S/C16H23F2N/c1-2-19-11-14(12-5-3-4-6-12)9-13-7-8-15(17)10-16(13)18/h7-8,10,12,14,19H,2-6,9,11H2,1H3. The summed E-state index contributed by atoms with van der Waals surface area (Å²) in [6.07, 6.45) is 5.79. The Bertz CT molecular complexity index is 400. The van der Waals surface area contributed by atoms with E-state index in [0.717, 1.165) is 19.2 Å². The largest absolute Gasteiger partial charge is 0.317 e. The molecule has 1 aromatic rings. The van der Waals surface area contributed by atoms with Crippen LogP contribution in [0.5, 0.6) is 0 Å². The van der Waals surface area contributed by atoms with Gasteiger partial charge in [0, 0.05) is 6.07 Å². The Kier molecular flexibility index (Phi) is 5.32. The molecule has 1 N–H and O–H groups in total. The van der Waals surface area contributed by atoms with Gasteiger partial charge in [-0.25, -0.2) is 8.78 Å². The Hall–Kier alpha value is -0.960. The highest BCUT2D eigenvalue weighted by Gasteiger charge is 2.25. The number of rotatable bonds is 6. The zero-order valence-corrected chi connectivity index (χ0v) is 11.6. The lowest BCUT2D eigenvalue weighted by Crippen LogP contribution is -2.29. The van der Waals surface area contributed by atoms with Crippen molar-refractivity contribution in [3.05, 3.63) is 35.4 Å². The van der Waals surface area contributed by atoms with Crippen LogP contribution in [0.2, 0.25) is 0 Å². The van der Waals surface area contributed by atoms with Gasteiger partial charge in [0.05, 0.1) is 0 Å². The van der Waals surface area contributed by atoms with Crippen LogP contribution in [0.25, 0.3) is 0 Å². The fourth-order valence-corrected chi connectivity index (χ4v) is 3.13. The summed E-state index contributed by atoms with van der Waals surface area (Å²) in [7, 11) is 0. The number of hydrogen-bond donors (Lipinski definition) is 1. The molecular weight excluding hydrogens is 244 g/mol. The highest BCUT2D eigenvalue weighted by Crippen LogP contribution is 2.33. The van der Waals surface area contributed by atoms with Crippen LogP contribution in [0.1, 0.15) is 38.2 Å². The molecule has 0 radical (unpaired) electrons. The van der Waals surface area contributed by atoms with Crippen LogP contribution in [0, 0.1) is 23.5 Å². The van der Waals surface area contributed by atoms with Crippen molar-refractivity contribution in [2.45, 2.75) is 39.0 Å². The van der Waals surface area contributed by atoms with Gasteiger partial charge in [-0.05, 0) is 43.0 Å². The molecule has 1 fully saturated rings. The van der Waals surface area contributed by atoms with Crippen molar-refractivity contribution in [3.63, 3.8) is 0 Å². The van der Waals surface area contributed by atoms with E-state index in [4.69, 9.17) is 0 Å². The summed E-state index contributed by atoms with van der Waals surface area (Å²) in [5.41, 5.74) is 0.649. The first kappa shape index (κ1) is 14.4. The van der Waals surface area contributed by atoms with E-state index in [9.17, 15) is 8.78 Å². The van der Waals surface area contributed by atoms with Crippen molar-refractivity contribution in [3.8, 4) is 0 Å². The molecule has 0 heterocycles. The molecule has 1 aliphatic carbocycles. The molecule has 1 aliphatic rings. The fourth-order valence-electron chi connectivity index (χ4n) is 3.13. The highest BCUT2D eigenvalue weighted by molar-refractivity contribution is 5.19. The Balaban J connectivity index is 2.05. The first-order valence-electron chi connectivity index (χ1n) is 7.35. The third-order valence-corrected chi connectivity index (χ3v) is 4.22. The molecule has 0 saturated heterocycles. The van der Waals surface area contributed by atoms with Crippen molar-refractivity contribution in [1.82, 2.24) is 5.32 Å². The number of hydrogen-bond acceptors (Lipinski definition) is 1. The van der Waals surface area contributed by atoms with E-state index >= 15 is 0 Å². The molecule has 1 nitrogen and oxygen atoms in total. The maximum absolute atomic E-state index is 13.8. The second kappa shape index (κ2) is 6.99. The van der Waals surface area contributed by atoms with E-state index in [1.54, 1.807) is 6.07 Å². The van der Waals surface area contributed by atoms with Gasteiger partial charge in [-0.1, -0.05) is 38.7 Å². The minimum atomic E-state index is -0.495.